The summed E-state index contributed by atoms with van der Waals surface area (Å²) in [5.74, 6) is 0.658. The Balaban J connectivity index is 1.12. The van der Waals surface area contributed by atoms with Gasteiger partial charge in [0.1, 0.15) is 0 Å². The minimum atomic E-state index is -0.475. The second kappa shape index (κ2) is 12.4. The van der Waals surface area contributed by atoms with Gasteiger partial charge >= 0.3 is 0 Å². The summed E-state index contributed by atoms with van der Waals surface area (Å²) in [7, 11) is 0. The van der Waals surface area contributed by atoms with Gasteiger partial charge in [-0.2, -0.15) is 0 Å². The van der Waals surface area contributed by atoms with E-state index in [1.807, 2.05) is 66.7 Å². The molecule has 0 fully saturated rings. The van der Waals surface area contributed by atoms with Gasteiger partial charge < -0.3 is 0 Å². The molecular weight excluding hydrogens is 631 g/mol. The molecule has 0 atom stereocenters. The van der Waals surface area contributed by atoms with Gasteiger partial charge in [0.25, 0.3) is 0 Å². The molecule has 0 aliphatic carbocycles. The Morgan fingerprint density at radius 1 is 0.308 bits per heavy atom. The Morgan fingerprint density at radius 2 is 0.885 bits per heavy atom. The summed E-state index contributed by atoms with van der Waals surface area (Å²) >= 11 is 0. The third-order valence-corrected chi connectivity index (χ3v) is 9.76. The minimum Gasteiger partial charge on any atom is -0.208 e. The van der Waals surface area contributed by atoms with Crippen LogP contribution in [-0.4, -0.2) is 15.0 Å². The number of hydrogen-bond donors (Lipinski definition) is 0. The zero-order valence-corrected chi connectivity index (χ0v) is 27.9. The van der Waals surface area contributed by atoms with Crippen molar-refractivity contribution in [2.45, 2.75) is 0 Å². The Labute approximate surface area is 308 Å². The van der Waals surface area contributed by atoms with Gasteiger partial charge in [-0.1, -0.05) is 164 Å². The third kappa shape index (κ3) is 5.28. The zero-order valence-electron chi connectivity index (χ0n) is 32.9. The largest absolute Gasteiger partial charge is 0.208 e. The molecule has 10 rings (SSSR count). The van der Waals surface area contributed by atoms with Crippen molar-refractivity contribution in [1.82, 2.24) is 15.0 Å². The molecule has 0 N–H and O–H groups in total. The van der Waals surface area contributed by atoms with Crippen LogP contribution < -0.4 is 0 Å². The first-order valence-corrected chi connectivity index (χ1v) is 17.2. The second-order valence-corrected chi connectivity index (χ2v) is 12.9. The maximum atomic E-state index is 8.80. The van der Waals surface area contributed by atoms with E-state index in [9.17, 15) is 0 Å². The average molecular weight is 667 g/mol. The fourth-order valence-corrected chi connectivity index (χ4v) is 7.25. The van der Waals surface area contributed by atoms with E-state index in [-0.39, 0.29) is 23.5 Å². The molecule has 10 aromatic rings. The maximum absolute atomic E-state index is 8.80. The van der Waals surface area contributed by atoms with Crippen molar-refractivity contribution in [3.8, 4) is 56.4 Å². The molecule has 9 aromatic carbocycles. The minimum absolute atomic E-state index is 0.00217. The van der Waals surface area contributed by atoms with E-state index in [0.29, 0.717) is 17.2 Å². The van der Waals surface area contributed by atoms with Gasteiger partial charge in [0.15, 0.2) is 17.5 Å². The molecule has 52 heavy (non-hydrogen) atoms. The van der Waals surface area contributed by atoms with E-state index in [1.165, 1.54) is 16.3 Å². The quantitative estimate of drug-likeness (QED) is 0.172. The van der Waals surface area contributed by atoms with E-state index < -0.39 is 18.1 Å². The van der Waals surface area contributed by atoms with Gasteiger partial charge in [-0.25, -0.2) is 15.0 Å². The number of nitrogens with zero attached hydrogens (tertiary/aromatic N) is 3. The highest BCUT2D eigenvalue weighted by Gasteiger charge is 2.16. The molecule has 0 saturated heterocycles. The smallest absolute Gasteiger partial charge is 0.164 e. The van der Waals surface area contributed by atoms with Crippen molar-refractivity contribution in [3.05, 3.63) is 188 Å². The standard InChI is InChI=1S/C49H31N3/c1-2-13-33(14-3-1)47-50-48(52-49(51-47)46-31-38-15-5-7-20-43(38)44-21-8-9-22-45(44)46)40-18-10-17-34(30-40)35-24-25-37-29-39(27-26-36(37)28-35)42-23-11-16-32-12-4-6-19-41(32)42/h1-31H/i1D,2D,3D,13D,14D. The van der Waals surface area contributed by atoms with Crippen molar-refractivity contribution in [1.29, 1.82) is 0 Å². The summed E-state index contributed by atoms with van der Waals surface area (Å²) in [6.07, 6.45) is 0. The highest BCUT2D eigenvalue weighted by molar-refractivity contribution is 6.13. The van der Waals surface area contributed by atoms with Crippen LogP contribution in [0.25, 0.3) is 99.5 Å². The lowest BCUT2D eigenvalue weighted by Crippen LogP contribution is -2.01. The third-order valence-electron chi connectivity index (χ3n) is 9.76. The van der Waals surface area contributed by atoms with Gasteiger partial charge in [0.05, 0.1) is 6.85 Å². The first-order valence-electron chi connectivity index (χ1n) is 19.7. The van der Waals surface area contributed by atoms with Crippen molar-refractivity contribution >= 4 is 43.1 Å². The number of rotatable bonds is 5. The second-order valence-electron chi connectivity index (χ2n) is 12.9. The lowest BCUT2D eigenvalue weighted by molar-refractivity contribution is 1.08. The predicted molar refractivity (Wildman–Crippen MR) is 217 cm³/mol. The number of fused-ring (bicyclic) bond motifs is 5. The Kier molecular flexibility index (Phi) is 5.98. The molecule has 0 saturated carbocycles. The van der Waals surface area contributed by atoms with Gasteiger partial charge in [-0.15, -0.1) is 0 Å². The Morgan fingerprint density at radius 3 is 1.71 bits per heavy atom. The molecule has 0 amide bonds. The fraction of sp³-hybridized carbons (Fsp3) is 0. The van der Waals surface area contributed by atoms with Gasteiger partial charge in [0, 0.05) is 16.7 Å². The summed E-state index contributed by atoms with van der Waals surface area (Å²) in [6, 6.07) is 51.9. The molecule has 0 unspecified atom stereocenters. The van der Waals surface area contributed by atoms with Crippen LogP contribution >= 0.6 is 0 Å². The summed E-state index contributed by atoms with van der Waals surface area (Å²) in [6.45, 7) is 0. The lowest BCUT2D eigenvalue weighted by atomic mass is 9.94. The molecule has 0 aliphatic rings. The molecule has 1 heterocycles. The van der Waals surface area contributed by atoms with Crippen LogP contribution in [0.3, 0.4) is 0 Å². The Hall–Kier alpha value is -6.97. The van der Waals surface area contributed by atoms with Crippen LogP contribution in [0, 0.1) is 0 Å². The topological polar surface area (TPSA) is 38.7 Å². The monoisotopic (exact) mass is 666 g/mol. The Bertz CT molecular complexity index is 3240. The van der Waals surface area contributed by atoms with E-state index in [4.69, 9.17) is 21.8 Å². The molecule has 0 spiro atoms. The maximum Gasteiger partial charge on any atom is 0.164 e. The summed E-state index contributed by atoms with van der Waals surface area (Å²) in [4.78, 5) is 14.7. The molecule has 0 aliphatic heterocycles. The lowest BCUT2D eigenvalue weighted by Gasteiger charge is -2.13. The van der Waals surface area contributed by atoms with Crippen molar-refractivity contribution < 1.29 is 6.85 Å². The number of aromatic nitrogens is 3. The number of benzene rings is 9. The van der Waals surface area contributed by atoms with Crippen molar-refractivity contribution in [3.63, 3.8) is 0 Å². The summed E-state index contributed by atoms with van der Waals surface area (Å²) in [5, 5.41) is 8.71. The van der Waals surface area contributed by atoms with E-state index in [2.05, 4.69) is 91.0 Å². The van der Waals surface area contributed by atoms with E-state index in [0.717, 1.165) is 54.6 Å². The van der Waals surface area contributed by atoms with Crippen LogP contribution in [0.4, 0.5) is 0 Å². The highest BCUT2D eigenvalue weighted by atomic mass is 15.0. The van der Waals surface area contributed by atoms with E-state index >= 15 is 0 Å². The SMILES string of the molecule is [2H]c1c([2H])c([2H])c(-c2nc(-c3cccc(-c4ccc5cc(-c6cccc7ccccc67)ccc5c4)c3)nc(-c3cc4ccccc4c4ccccc34)n2)c([2H])c1[2H]. The fourth-order valence-electron chi connectivity index (χ4n) is 7.25. The van der Waals surface area contributed by atoms with Crippen LogP contribution in [0.1, 0.15) is 6.85 Å². The molecule has 0 radical (unpaired) electrons. The summed E-state index contributed by atoms with van der Waals surface area (Å²) in [5.41, 5.74) is 5.69. The van der Waals surface area contributed by atoms with Crippen molar-refractivity contribution in [2.75, 3.05) is 0 Å². The predicted octanol–water partition coefficient (Wildman–Crippen LogP) is 12.8. The molecule has 3 nitrogen and oxygen atoms in total. The molecular formula is C49H31N3. The highest BCUT2D eigenvalue weighted by Crippen LogP contribution is 2.36. The normalized spacial score (nSPS) is 12.8. The van der Waals surface area contributed by atoms with Crippen LogP contribution in [-0.2, 0) is 0 Å². The molecule has 1 aromatic heterocycles. The first-order chi connectivity index (χ1) is 27.8. The molecule has 3 heteroatoms. The average Bonchev–Trinajstić information content (AvgIpc) is 3.27. The van der Waals surface area contributed by atoms with Crippen LogP contribution in [0.15, 0.2) is 188 Å². The zero-order chi connectivity index (χ0) is 38.8. The number of hydrogen-bond acceptors (Lipinski definition) is 3. The van der Waals surface area contributed by atoms with Crippen LogP contribution in [0.5, 0.6) is 0 Å². The molecule has 242 valence electrons. The summed E-state index contributed by atoms with van der Waals surface area (Å²) < 4.78 is 42.6. The van der Waals surface area contributed by atoms with Gasteiger partial charge in [-0.3, -0.25) is 0 Å². The van der Waals surface area contributed by atoms with E-state index in [1.54, 1.807) is 0 Å². The van der Waals surface area contributed by atoms with Gasteiger partial charge in [-0.05, 0) is 89.6 Å². The van der Waals surface area contributed by atoms with Crippen LogP contribution in [0.2, 0.25) is 0 Å². The first kappa shape index (κ1) is 25.1. The van der Waals surface area contributed by atoms with Crippen molar-refractivity contribution in [2.24, 2.45) is 0 Å². The molecule has 0 bridgehead atoms. The van der Waals surface area contributed by atoms with Gasteiger partial charge in [0.2, 0.25) is 0 Å².